The number of amidine groups is 1. The van der Waals surface area contributed by atoms with Crippen molar-refractivity contribution < 1.29 is 27.5 Å². The number of carbonyl (C=O) groups excluding carboxylic acids is 2. The van der Waals surface area contributed by atoms with E-state index in [2.05, 4.69) is 6.92 Å². The molecule has 2 aromatic carbocycles. The number of nitrogens with one attached hydrogen (secondary N) is 1. The number of carbonyl (C=O) groups is 2. The van der Waals surface area contributed by atoms with Gasteiger partial charge < -0.3 is 9.47 Å². The molecule has 9 nitrogen and oxygen atoms in total. The monoisotopic (exact) mass is 581 g/mol. The van der Waals surface area contributed by atoms with Gasteiger partial charge in [0, 0.05) is 18.6 Å². The first-order valence-electron chi connectivity index (χ1n) is 14.7. The maximum atomic E-state index is 13.6. The highest BCUT2D eigenvalue weighted by Crippen LogP contribution is 2.40. The maximum absolute atomic E-state index is 13.6. The average Bonchev–Trinajstić information content (AvgIpc) is 3.57. The van der Waals surface area contributed by atoms with Crippen LogP contribution in [0.5, 0.6) is 0 Å². The van der Waals surface area contributed by atoms with Crippen molar-refractivity contribution in [3.8, 4) is 11.1 Å². The van der Waals surface area contributed by atoms with E-state index >= 15 is 0 Å². The average molecular weight is 582 g/mol. The van der Waals surface area contributed by atoms with Crippen LogP contribution in [0.25, 0.3) is 11.1 Å². The van der Waals surface area contributed by atoms with Gasteiger partial charge in [0.1, 0.15) is 17.5 Å². The van der Waals surface area contributed by atoms with Gasteiger partial charge in [-0.3, -0.25) is 14.7 Å². The minimum Gasteiger partial charge on any atom is -0.446 e. The zero-order valence-corrected chi connectivity index (χ0v) is 24.7. The molecule has 1 heterocycles. The largest absolute Gasteiger partial charge is 0.446 e. The van der Waals surface area contributed by atoms with Gasteiger partial charge in [-0.15, -0.1) is 0 Å². The SMILES string of the molecule is CCCCC1=NC2(CCCC2)C(=O)N1Cc1ccc(-c2ccccc2S(=O)(=O)NC(=O)OC2CC2)c(COCC)c1. The number of ether oxygens (including phenoxy) is 2. The topological polar surface area (TPSA) is 114 Å². The molecule has 2 aromatic rings. The van der Waals surface area contributed by atoms with Gasteiger partial charge in [-0.2, -0.15) is 0 Å². The Morgan fingerprint density at radius 2 is 1.85 bits per heavy atom. The second-order valence-corrected chi connectivity index (χ2v) is 12.7. The summed E-state index contributed by atoms with van der Waals surface area (Å²) in [4.78, 5) is 32.7. The predicted octanol–water partition coefficient (Wildman–Crippen LogP) is 5.71. The lowest BCUT2D eigenvalue weighted by Crippen LogP contribution is -2.40. The molecule has 2 amide bonds. The molecular weight excluding hydrogens is 542 g/mol. The van der Waals surface area contributed by atoms with Gasteiger partial charge in [-0.1, -0.05) is 62.6 Å². The third-order valence-electron chi connectivity index (χ3n) is 7.94. The van der Waals surface area contributed by atoms with Crippen molar-refractivity contribution in [2.24, 2.45) is 4.99 Å². The molecule has 0 saturated heterocycles. The van der Waals surface area contributed by atoms with Gasteiger partial charge >= 0.3 is 6.09 Å². The lowest BCUT2D eigenvalue weighted by atomic mass is 9.96. The standard InChI is InChI=1S/C31H39N3O6S/c1-3-5-12-28-32-31(17-8-9-18-31)29(35)34(28)20-22-13-16-25(23(19-22)21-39-4-2)26-10-6-7-11-27(26)41(37,38)33-30(36)40-24-14-15-24/h6-7,10-11,13,16,19,24H,3-5,8-9,12,14-15,17-18,20-21H2,1-2H3,(H,33,36). The van der Waals surface area contributed by atoms with Crippen molar-refractivity contribution in [3.63, 3.8) is 0 Å². The van der Waals surface area contributed by atoms with E-state index in [-0.39, 0.29) is 23.5 Å². The van der Waals surface area contributed by atoms with Crippen LogP contribution in [0, 0.1) is 0 Å². The van der Waals surface area contributed by atoms with Crippen LogP contribution < -0.4 is 4.72 Å². The molecule has 0 aromatic heterocycles. The van der Waals surface area contributed by atoms with E-state index in [4.69, 9.17) is 14.5 Å². The Morgan fingerprint density at radius 1 is 1.10 bits per heavy atom. The van der Waals surface area contributed by atoms with Crippen LogP contribution >= 0.6 is 0 Å². The first-order valence-corrected chi connectivity index (χ1v) is 16.2. The zero-order chi connectivity index (χ0) is 29.0. The van der Waals surface area contributed by atoms with Gasteiger partial charge in [0.05, 0.1) is 18.0 Å². The van der Waals surface area contributed by atoms with Gasteiger partial charge in [0.15, 0.2) is 0 Å². The summed E-state index contributed by atoms with van der Waals surface area (Å²) in [5.41, 5.74) is 2.24. The molecule has 0 bridgehead atoms. The number of sulfonamides is 1. The molecule has 1 aliphatic heterocycles. The molecule has 41 heavy (non-hydrogen) atoms. The normalized spacial score (nSPS) is 18.1. The summed E-state index contributed by atoms with van der Waals surface area (Å²) in [6, 6.07) is 12.3. The molecule has 0 unspecified atom stereocenters. The summed E-state index contributed by atoms with van der Waals surface area (Å²) in [5.74, 6) is 0.965. The van der Waals surface area contributed by atoms with Gasteiger partial charge in [-0.25, -0.2) is 17.9 Å². The summed E-state index contributed by atoms with van der Waals surface area (Å²) < 4.78 is 39.4. The lowest BCUT2D eigenvalue weighted by molar-refractivity contribution is -0.131. The second kappa shape index (κ2) is 12.3. The number of rotatable bonds is 12. The molecule has 1 N–H and O–H groups in total. The van der Waals surface area contributed by atoms with Crippen molar-refractivity contribution in [2.45, 2.75) is 101 Å². The second-order valence-electron chi connectivity index (χ2n) is 11.1. The van der Waals surface area contributed by atoms with Gasteiger partial charge in [0.25, 0.3) is 15.9 Å². The number of nitrogens with zero attached hydrogens (tertiary/aromatic N) is 2. The number of unbranched alkanes of at least 4 members (excludes halogenated alkanes) is 1. The minimum atomic E-state index is -4.19. The van der Waals surface area contributed by atoms with E-state index in [0.29, 0.717) is 24.3 Å². The van der Waals surface area contributed by atoms with E-state index < -0.39 is 21.7 Å². The van der Waals surface area contributed by atoms with Crippen LogP contribution in [0.3, 0.4) is 0 Å². The summed E-state index contributed by atoms with van der Waals surface area (Å²) in [7, 11) is -4.19. The van der Waals surface area contributed by atoms with E-state index in [1.807, 2.05) is 34.7 Å². The number of amides is 2. The first kappa shape index (κ1) is 29.3. The fourth-order valence-electron chi connectivity index (χ4n) is 5.67. The van der Waals surface area contributed by atoms with Crippen LogP contribution in [0.15, 0.2) is 52.4 Å². The fraction of sp³-hybridized carbons (Fsp3) is 0.516. The Morgan fingerprint density at radius 3 is 2.56 bits per heavy atom. The molecule has 3 aliphatic rings. The molecule has 2 saturated carbocycles. The Bertz CT molecular complexity index is 1430. The summed E-state index contributed by atoms with van der Waals surface area (Å²) in [6.45, 7) is 5.18. The highest BCUT2D eigenvalue weighted by Gasteiger charge is 2.49. The van der Waals surface area contributed by atoms with Crippen molar-refractivity contribution in [1.29, 1.82) is 0 Å². The highest BCUT2D eigenvalue weighted by atomic mass is 32.2. The molecule has 2 fully saturated rings. The number of hydrogen-bond acceptors (Lipinski definition) is 7. The number of benzene rings is 2. The molecule has 10 heteroatoms. The molecule has 0 radical (unpaired) electrons. The van der Waals surface area contributed by atoms with E-state index in [1.165, 1.54) is 6.07 Å². The molecule has 5 rings (SSSR count). The van der Waals surface area contributed by atoms with E-state index in [0.717, 1.165) is 74.7 Å². The Labute approximate surface area is 242 Å². The van der Waals surface area contributed by atoms with Crippen LogP contribution in [-0.4, -0.2) is 49.4 Å². The minimum absolute atomic E-state index is 0.0230. The summed E-state index contributed by atoms with van der Waals surface area (Å²) >= 11 is 0. The number of hydrogen-bond donors (Lipinski definition) is 1. The lowest BCUT2D eigenvalue weighted by Gasteiger charge is -2.23. The molecule has 2 aliphatic carbocycles. The van der Waals surface area contributed by atoms with Crippen LogP contribution in [0.1, 0.15) is 82.8 Å². The van der Waals surface area contributed by atoms with Crippen LogP contribution in [0.4, 0.5) is 4.79 Å². The maximum Gasteiger partial charge on any atom is 0.421 e. The van der Waals surface area contributed by atoms with Crippen molar-refractivity contribution in [2.75, 3.05) is 6.61 Å². The number of aliphatic imine (C=N–C) groups is 1. The molecular formula is C31H39N3O6S. The summed E-state index contributed by atoms with van der Waals surface area (Å²) in [5, 5.41) is 0. The molecule has 1 spiro atoms. The van der Waals surface area contributed by atoms with Crippen LogP contribution in [0.2, 0.25) is 0 Å². The summed E-state index contributed by atoms with van der Waals surface area (Å²) in [6.07, 6.45) is 6.72. The molecule has 220 valence electrons. The first-order chi connectivity index (χ1) is 19.8. The zero-order valence-electron chi connectivity index (χ0n) is 23.9. The van der Waals surface area contributed by atoms with Gasteiger partial charge in [0.2, 0.25) is 0 Å². The Hall–Kier alpha value is -3.24. The Balaban J connectivity index is 1.45. The third kappa shape index (κ3) is 6.48. The quantitative estimate of drug-likeness (QED) is 0.343. The van der Waals surface area contributed by atoms with Crippen molar-refractivity contribution >= 4 is 27.9 Å². The van der Waals surface area contributed by atoms with Gasteiger partial charge in [-0.05, 0) is 61.8 Å². The van der Waals surface area contributed by atoms with E-state index in [9.17, 15) is 18.0 Å². The smallest absolute Gasteiger partial charge is 0.421 e. The fourth-order valence-corrected chi connectivity index (χ4v) is 6.77. The predicted molar refractivity (Wildman–Crippen MR) is 156 cm³/mol. The molecule has 0 atom stereocenters. The highest BCUT2D eigenvalue weighted by molar-refractivity contribution is 7.90. The van der Waals surface area contributed by atoms with E-state index in [1.54, 1.807) is 18.2 Å². The van der Waals surface area contributed by atoms with Crippen molar-refractivity contribution in [1.82, 2.24) is 9.62 Å². The van der Waals surface area contributed by atoms with Crippen molar-refractivity contribution in [3.05, 3.63) is 53.6 Å². The third-order valence-corrected chi connectivity index (χ3v) is 9.31. The Kier molecular flexibility index (Phi) is 8.79. The van der Waals surface area contributed by atoms with Crippen LogP contribution in [-0.2, 0) is 37.4 Å².